The molecule has 0 aliphatic carbocycles. The molecule has 0 aliphatic heterocycles. The fraction of sp³-hybridized carbons (Fsp3) is 0.308. The van der Waals surface area contributed by atoms with Gasteiger partial charge in [-0.3, -0.25) is 4.98 Å². The molecule has 0 aromatic carbocycles. The van der Waals surface area contributed by atoms with Gasteiger partial charge in [0.25, 0.3) is 0 Å². The lowest BCUT2D eigenvalue weighted by atomic mass is 10.1. The van der Waals surface area contributed by atoms with Gasteiger partial charge in [-0.1, -0.05) is 0 Å². The second-order valence-electron chi connectivity index (χ2n) is 3.93. The maximum absolute atomic E-state index is 5.35. The summed E-state index contributed by atoms with van der Waals surface area (Å²) in [6.45, 7) is 5.72. The quantitative estimate of drug-likeness (QED) is 0.853. The Morgan fingerprint density at radius 3 is 2.75 bits per heavy atom. The van der Waals surface area contributed by atoms with Gasteiger partial charge in [-0.2, -0.15) is 0 Å². The third-order valence-corrected chi connectivity index (χ3v) is 2.72. The molecule has 0 saturated heterocycles. The summed E-state index contributed by atoms with van der Waals surface area (Å²) >= 11 is 0. The van der Waals surface area contributed by atoms with E-state index in [2.05, 4.69) is 24.1 Å². The minimum atomic E-state index is 0.757. The first kappa shape index (κ1) is 10.9. The van der Waals surface area contributed by atoms with Crippen LogP contribution in [0.3, 0.4) is 0 Å². The Bertz CT molecular complexity index is 462. The molecule has 84 valence electrons. The van der Waals surface area contributed by atoms with Crippen LogP contribution < -0.4 is 5.32 Å². The van der Waals surface area contributed by atoms with E-state index in [9.17, 15) is 0 Å². The Labute approximate surface area is 95.5 Å². The predicted octanol–water partition coefficient (Wildman–Crippen LogP) is 2.58. The fourth-order valence-electron chi connectivity index (χ4n) is 1.58. The number of pyridine rings is 1. The summed E-state index contributed by atoms with van der Waals surface area (Å²) in [4.78, 5) is 4.12. The minimum Gasteiger partial charge on any atom is -0.468 e. The summed E-state index contributed by atoms with van der Waals surface area (Å²) in [7, 11) is 0. The van der Waals surface area contributed by atoms with Crippen molar-refractivity contribution >= 4 is 0 Å². The van der Waals surface area contributed by atoms with Gasteiger partial charge in [-0.15, -0.1) is 0 Å². The van der Waals surface area contributed by atoms with Gasteiger partial charge >= 0.3 is 0 Å². The molecular formula is C13H16N2O. The standard InChI is InChI=1S/C13H16N2O/c1-10-3-5-14-7-12(10)8-15-9-13-11(2)4-6-16-13/h3-7,15H,8-9H2,1-2H3. The van der Waals surface area contributed by atoms with Crippen LogP contribution in [0, 0.1) is 13.8 Å². The van der Waals surface area contributed by atoms with Crippen LogP contribution in [0.25, 0.3) is 0 Å². The highest BCUT2D eigenvalue weighted by Gasteiger charge is 2.02. The molecular weight excluding hydrogens is 200 g/mol. The SMILES string of the molecule is Cc1ccncc1CNCc1occc1C. The van der Waals surface area contributed by atoms with E-state index >= 15 is 0 Å². The molecule has 0 atom stereocenters. The first-order valence-corrected chi connectivity index (χ1v) is 5.40. The van der Waals surface area contributed by atoms with Crippen molar-refractivity contribution in [2.45, 2.75) is 26.9 Å². The largest absolute Gasteiger partial charge is 0.468 e. The van der Waals surface area contributed by atoms with Crippen molar-refractivity contribution in [3.63, 3.8) is 0 Å². The molecule has 0 bridgehead atoms. The van der Waals surface area contributed by atoms with Gasteiger partial charge in [0.2, 0.25) is 0 Å². The van der Waals surface area contributed by atoms with Crippen molar-refractivity contribution < 1.29 is 4.42 Å². The molecule has 1 N–H and O–H groups in total. The highest BCUT2D eigenvalue weighted by molar-refractivity contribution is 5.21. The maximum atomic E-state index is 5.35. The van der Waals surface area contributed by atoms with Gasteiger partial charge in [0.1, 0.15) is 5.76 Å². The van der Waals surface area contributed by atoms with Crippen LogP contribution in [0.4, 0.5) is 0 Å². The Kier molecular flexibility index (Phi) is 3.37. The summed E-state index contributed by atoms with van der Waals surface area (Å²) in [5.74, 6) is 1.00. The predicted molar refractivity (Wildman–Crippen MR) is 63.0 cm³/mol. The molecule has 2 aromatic heterocycles. The van der Waals surface area contributed by atoms with Crippen LogP contribution >= 0.6 is 0 Å². The first-order valence-electron chi connectivity index (χ1n) is 5.40. The summed E-state index contributed by atoms with van der Waals surface area (Å²) in [6, 6.07) is 4.00. The average molecular weight is 216 g/mol. The number of hydrogen-bond donors (Lipinski definition) is 1. The molecule has 3 heteroatoms. The van der Waals surface area contributed by atoms with Crippen LogP contribution in [-0.4, -0.2) is 4.98 Å². The number of rotatable bonds is 4. The molecule has 0 aliphatic rings. The van der Waals surface area contributed by atoms with Crippen molar-refractivity contribution in [2.24, 2.45) is 0 Å². The molecule has 0 unspecified atom stereocenters. The molecule has 2 heterocycles. The maximum Gasteiger partial charge on any atom is 0.120 e. The van der Waals surface area contributed by atoms with Crippen molar-refractivity contribution in [1.82, 2.24) is 10.3 Å². The third-order valence-electron chi connectivity index (χ3n) is 2.72. The number of nitrogens with one attached hydrogen (secondary N) is 1. The van der Waals surface area contributed by atoms with E-state index in [0.29, 0.717) is 0 Å². The van der Waals surface area contributed by atoms with Crippen molar-refractivity contribution in [3.05, 3.63) is 53.2 Å². The van der Waals surface area contributed by atoms with E-state index in [4.69, 9.17) is 4.42 Å². The minimum absolute atomic E-state index is 0.757. The normalized spacial score (nSPS) is 10.6. The van der Waals surface area contributed by atoms with Crippen LogP contribution in [0.15, 0.2) is 35.2 Å². The fourth-order valence-corrected chi connectivity index (χ4v) is 1.58. The lowest BCUT2D eigenvalue weighted by molar-refractivity contribution is 0.480. The van der Waals surface area contributed by atoms with Crippen LogP contribution in [0.1, 0.15) is 22.5 Å². The molecule has 3 nitrogen and oxygen atoms in total. The zero-order valence-corrected chi connectivity index (χ0v) is 9.66. The average Bonchev–Trinajstić information content (AvgIpc) is 2.67. The smallest absolute Gasteiger partial charge is 0.120 e. The van der Waals surface area contributed by atoms with E-state index in [0.717, 1.165) is 18.8 Å². The Morgan fingerprint density at radius 1 is 1.19 bits per heavy atom. The Hall–Kier alpha value is -1.61. The van der Waals surface area contributed by atoms with E-state index in [1.807, 2.05) is 24.5 Å². The first-order chi connectivity index (χ1) is 7.77. The highest BCUT2D eigenvalue weighted by Crippen LogP contribution is 2.09. The number of aryl methyl sites for hydroxylation is 2. The van der Waals surface area contributed by atoms with Crippen molar-refractivity contribution in [1.29, 1.82) is 0 Å². The van der Waals surface area contributed by atoms with Crippen molar-refractivity contribution in [2.75, 3.05) is 0 Å². The number of hydrogen-bond acceptors (Lipinski definition) is 3. The molecule has 0 amide bonds. The molecule has 0 radical (unpaired) electrons. The zero-order valence-electron chi connectivity index (χ0n) is 9.66. The van der Waals surface area contributed by atoms with E-state index < -0.39 is 0 Å². The van der Waals surface area contributed by atoms with Gasteiger partial charge in [0.15, 0.2) is 0 Å². The van der Waals surface area contributed by atoms with Crippen LogP contribution in [0.2, 0.25) is 0 Å². The summed E-state index contributed by atoms with van der Waals surface area (Å²) in [5, 5.41) is 3.35. The zero-order chi connectivity index (χ0) is 11.4. The summed E-state index contributed by atoms with van der Waals surface area (Å²) in [5.41, 5.74) is 3.68. The number of furan rings is 1. The van der Waals surface area contributed by atoms with Gasteiger partial charge in [0, 0.05) is 18.9 Å². The molecule has 2 rings (SSSR count). The monoisotopic (exact) mass is 216 g/mol. The van der Waals surface area contributed by atoms with Gasteiger partial charge in [0.05, 0.1) is 12.8 Å². The molecule has 0 spiro atoms. The molecule has 0 fully saturated rings. The third kappa shape index (κ3) is 2.49. The van der Waals surface area contributed by atoms with E-state index in [-0.39, 0.29) is 0 Å². The van der Waals surface area contributed by atoms with Crippen LogP contribution in [-0.2, 0) is 13.1 Å². The Morgan fingerprint density at radius 2 is 2.06 bits per heavy atom. The van der Waals surface area contributed by atoms with Crippen LogP contribution in [0.5, 0.6) is 0 Å². The second kappa shape index (κ2) is 4.94. The molecule has 0 saturated carbocycles. The van der Waals surface area contributed by atoms with E-state index in [1.165, 1.54) is 16.7 Å². The highest BCUT2D eigenvalue weighted by atomic mass is 16.3. The van der Waals surface area contributed by atoms with Gasteiger partial charge < -0.3 is 9.73 Å². The van der Waals surface area contributed by atoms with Gasteiger partial charge in [-0.25, -0.2) is 0 Å². The second-order valence-corrected chi connectivity index (χ2v) is 3.93. The number of nitrogens with zero attached hydrogens (tertiary/aromatic N) is 1. The molecule has 16 heavy (non-hydrogen) atoms. The number of aromatic nitrogens is 1. The van der Waals surface area contributed by atoms with Gasteiger partial charge in [-0.05, 0) is 42.7 Å². The summed E-state index contributed by atoms with van der Waals surface area (Å²) < 4.78 is 5.35. The topological polar surface area (TPSA) is 38.1 Å². The van der Waals surface area contributed by atoms with E-state index in [1.54, 1.807) is 6.26 Å². The lowest BCUT2D eigenvalue weighted by Gasteiger charge is -2.06. The Balaban J connectivity index is 1.89. The van der Waals surface area contributed by atoms with Crippen molar-refractivity contribution in [3.8, 4) is 0 Å². The molecule has 2 aromatic rings. The lowest BCUT2D eigenvalue weighted by Crippen LogP contribution is -2.13. The summed E-state index contributed by atoms with van der Waals surface area (Å²) in [6.07, 6.45) is 5.44.